The second-order valence-electron chi connectivity index (χ2n) is 6.12. The summed E-state index contributed by atoms with van der Waals surface area (Å²) in [5, 5.41) is 2.56. The van der Waals surface area contributed by atoms with E-state index in [9.17, 15) is 22.0 Å². The van der Waals surface area contributed by atoms with E-state index < -0.39 is 32.5 Å². The van der Waals surface area contributed by atoms with Gasteiger partial charge in [-0.3, -0.25) is 4.79 Å². The molecule has 0 bridgehead atoms. The molecule has 3 rings (SSSR count). The first-order chi connectivity index (χ1) is 13.8. The number of amides is 1. The first kappa shape index (κ1) is 21.4. The summed E-state index contributed by atoms with van der Waals surface area (Å²) in [6.07, 6.45) is 2.24. The van der Waals surface area contributed by atoms with Crippen LogP contribution in [0.5, 0.6) is 0 Å². The lowest BCUT2D eigenvalue weighted by Gasteiger charge is -2.26. The van der Waals surface area contributed by atoms with Gasteiger partial charge in [-0.15, -0.1) is 0 Å². The van der Waals surface area contributed by atoms with Crippen molar-refractivity contribution in [3.05, 3.63) is 64.7 Å². The minimum Gasteiger partial charge on any atom is -0.379 e. The van der Waals surface area contributed by atoms with Gasteiger partial charge in [0.25, 0.3) is 0 Å². The minimum absolute atomic E-state index is 0.0407. The number of benzene rings is 2. The van der Waals surface area contributed by atoms with Crippen molar-refractivity contribution in [2.24, 2.45) is 0 Å². The quantitative estimate of drug-likeness (QED) is 0.721. The molecule has 10 heteroatoms. The van der Waals surface area contributed by atoms with E-state index in [0.29, 0.717) is 0 Å². The van der Waals surface area contributed by atoms with E-state index in [-0.39, 0.29) is 42.6 Å². The van der Waals surface area contributed by atoms with Crippen LogP contribution in [-0.4, -0.2) is 44.9 Å². The van der Waals surface area contributed by atoms with Gasteiger partial charge in [-0.1, -0.05) is 17.7 Å². The molecule has 1 amide bonds. The van der Waals surface area contributed by atoms with Crippen LogP contribution in [0.1, 0.15) is 5.56 Å². The Balaban J connectivity index is 1.79. The number of anilines is 1. The second-order valence-corrected chi connectivity index (χ2v) is 8.43. The number of sulfonamides is 1. The molecule has 1 heterocycles. The zero-order chi connectivity index (χ0) is 21.0. The number of carbonyl (C=O) groups excluding carboxylic acids is 1. The van der Waals surface area contributed by atoms with Crippen LogP contribution in [0.25, 0.3) is 6.08 Å². The van der Waals surface area contributed by atoms with Gasteiger partial charge in [-0.25, -0.2) is 17.2 Å². The highest BCUT2D eigenvalue weighted by molar-refractivity contribution is 7.89. The highest BCUT2D eigenvalue weighted by Gasteiger charge is 2.29. The second kappa shape index (κ2) is 9.00. The highest BCUT2D eigenvalue weighted by Crippen LogP contribution is 2.24. The monoisotopic (exact) mass is 442 g/mol. The number of hydrogen-bond acceptors (Lipinski definition) is 4. The van der Waals surface area contributed by atoms with Crippen molar-refractivity contribution < 1.29 is 26.7 Å². The third kappa shape index (κ3) is 4.99. The molecule has 0 radical (unpaired) electrons. The summed E-state index contributed by atoms with van der Waals surface area (Å²) in [6.45, 7) is 0.677. The molecule has 0 unspecified atom stereocenters. The lowest BCUT2D eigenvalue weighted by Crippen LogP contribution is -2.40. The van der Waals surface area contributed by atoms with Crippen LogP contribution >= 0.6 is 11.6 Å². The van der Waals surface area contributed by atoms with Gasteiger partial charge in [-0.2, -0.15) is 4.31 Å². The number of carbonyl (C=O) groups is 1. The van der Waals surface area contributed by atoms with Gasteiger partial charge in [0, 0.05) is 30.4 Å². The summed E-state index contributed by atoms with van der Waals surface area (Å²) in [5.41, 5.74) is 0.117. The zero-order valence-electron chi connectivity index (χ0n) is 15.1. The fraction of sp³-hybridized carbons (Fsp3) is 0.211. The van der Waals surface area contributed by atoms with Crippen molar-refractivity contribution >= 4 is 39.3 Å². The Kier molecular flexibility index (Phi) is 6.63. The molecule has 2 aromatic carbocycles. The van der Waals surface area contributed by atoms with Crippen LogP contribution in [0, 0.1) is 11.6 Å². The molecule has 2 aromatic rings. The van der Waals surface area contributed by atoms with E-state index in [0.717, 1.165) is 22.5 Å². The van der Waals surface area contributed by atoms with E-state index in [2.05, 4.69) is 5.32 Å². The Hall–Kier alpha value is -2.33. The normalized spacial score (nSPS) is 15.6. The smallest absolute Gasteiger partial charge is 0.248 e. The largest absolute Gasteiger partial charge is 0.379 e. The predicted molar refractivity (Wildman–Crippen MR) is 105 cm³/mol. The van der Waals surface area contributed by atoms with Crippen LogP contribution in [0.4, 0.5) is 14.5 Å². The molecule has 0 atom stereocenters. The number of hydrogen-bond donors (Lipinski definition) is 1. The van der Waals surface area contributed by atoms with Crippen molar-refractivity contribution in [3.63, 3.8) is 0 Å². The Morgan fingerprint density at radius 2 is 1.86 bits per heavy atom. The van der Waals surface area contributed by atoms with E-state index in [4.69, 9.17) is 16.3 Å². The number of halogens is 3. The number of nitrogens with zero attached hydrogens (tertiary/aromatic N) is 1. The molecule has 29 heavy (non-hydrogen) atoms. The summed E-state index contributed by atoms with van der Waals surface area (Å²) in [6, 6.07) is 7.35. The molecule has 6 nitrogen and oxygen atoms in total. The predicted octanol–water partition coefficient (Wildman–Crippen LogP) is 3.29. The topological polar surface area (TPSA) is 75.7 Å². The van der Waals surface area contributed by atoms with Crippen molar-refractivity contribution in [1.29, 1.82) is 0 Å². The summed E-state index contributed by atoms with van der Waals surface area (Å²) in [5.74, 6) is -2.18. The summed E-state index contributed by atoms with van der Waals surface area (Å²) >= 11 is 5.89. The molecular weight excluding hydrogens is 426 g/mol. The van der Waals surface area contributed by atoms with Gasteiger partial charge in [0.15, 0.2) is 0 Å². The van der Waals surface area contributed by atoms with Crippen LogP contribution in [0.2, 0.25) is 5.02 Å². The molecule has 1 aliphatic heterocycles. The van der Waals surface area contributed by atoms with Crippen molar-refractivity contribution in [1.82, 2.24) is 4.31 Å². The maximum absolute atomic E-state index is 14.2. The molecule has 0 aromatic heterocycles. The first-order valence-electron chi connectivity index (χ1n) is 8.59. The molecule has 154 valence electrons. The van der Waals surface area contributed by atoms with Gasteiger partial charge in [0.2, 0.25) is 15.9 Å². The third-order valence-corrected chi connectivity index (χ3v) is 6.43. The molecule has 0 spiro atoms. The maximum Gasteiger partial charge on any atom is 0.248 e. The van der Waals surface area contributed by atoms with E-state index in [1.807, 2.05) is 0 Å². The fourth-order valence-electron chi connectivity index (χ4n) is 2.72. The highest BCUT2D eigenvalue weighted by atomic mass is 35.5. The minimum atomic E-state index is -4.08. The van der Waals surface area contributed by atoms with Gasteiger partial charge < -0.3 is 10.1 Å². The molecule has 1 aliphatic rings. The van der Waals surface area contributed by atoms with Crippen molar-refractivity contribution in [2.45, 2.75) is 4.90 Å². The SMILES string of the molecule is O=C(/C=C/c1c(F)cccc1Cl)Nc1ccc(F)c(S(=O)(=O)N2CCOCC2)c1. The van der Waals surface area contributed by atoms with E-state index in [1.165, 1.54) is 30.3 Å². The van der Waals surface area contributed by atoms with E-state index >= 15 is 0 Å². The van der Waals surface area contributed by atoms with Gasteiger partial charge in [0.1, 0.15) is 16.5 Å². The third-order valence-electron chi connectivity index (χ3n) is 4.19. The van der Waals surface area contributed by atoms with Gasteiger partial charge in [-0.05, 0) is 36.4 Å². The maximum atomic E-state index is 14.2. The number of rotatable bonds is 5. The molecule has 1 fully saturated rings. The van der Waals surface area contributed by atoms with Crippen LogP contribution in [0.15, 0.2) is 47.4 Å². The average Bonchev–Trinajstić information content (AvgIpc) is 2.69. The summed E-state index contributed by atoms with van der Waals surface area (Å²) in [4.78, 5) is 11.6. The first-order valence-corrected chi connectivity index (χ1v) is 10.4. The van der Waals surface area contributed by atoms with Crippen LogP contribution in [0.3, 0.4) is 0 Å². The molecular formula is C19H17ClF2N2O4S. The fourth-order valence-corrected chi connectivity index (χ4v) is 4.44. The Morgan fingerprint density at radius 3 is 2.55 bits per heavy atom. The van der Waals surface area contributed by atoms with E-state index in [1.54, 1.807) is 0 Å². The number of nitrogens with one attached hydrogen (secondary N) is 1. The summed E-state index contributed by atoms with van der Waals surface area (Å²) < 4.78 is 59.5. The van der Waals surface area contributed by atoms with Crippen LogP contribution < -0.4 is 5.32 Å². The van der Waals surface area contributed by atoms with Crippen molar-refractivity contribution in [3.8, 4) is 0 Å². The van der Waals surface area contributed by atoms with Crippen molar-refractivity contribution in [2.75, 3.05) is 31.6 Å². The lowest BCUT2D eigenvalue weighted by molar-refractivity contribution is -0.111. The molecule has 0 aliphatic carbocycles. The summed E-state index contributed by atoms with van der Waals surface area (Å²) in [7, 11) is -4.08. The Bertz CT molecular complexity index is 1030. The number of ether oxygens (including phenoxy) is 1. The Morgan fingerprint density at radius 1 is 1.14 bits per heavy atom. The average molecular weight is 443 g/mol. The van der Waals surface area contributed by atoms with Gasteiger partial charge in [0.05, 0.1) is 18.2 Å². The van der Waals surface area contributed by atoms with Gasteiger partial charge >= 0.3 is 0 Å². The Labute approximate surface area is 171 Å². The molecule has 1 N–H and O–H groups in total. The lowest BCUT2D eigenvalue weighted by atomic mass is 10.2. The molecule has 1 saturated heterocycles. The zero-order valence-corrected chi connectivity index (χ0v) is 16.6. The standard InChI is InChI=1S/C19H17ClF2N2O4S/c20-15-2-1-3-16(21)14(15)5-7-19(25)23-13-4-6-17(22)18(12-13)29(26,27)24-8-10-28-11-9-24/h1-7,12H,8-11H2,(H,23,25)/b7-5+. The van der Waals surface area contributed by atoms with Crippen LogP contribution in [-0.2, 0) is 19.6 Å². The number of morpholine rings is 1. The molecule has 0 saturated carbocycles.